The predicted molar refractivity (Wildman–Crippen MR) is 69.7 cm³/mol. The lowest BCUT2D eigenvalue weighted by Gasteiger charge is -2.03. The van der Waals surface area contributed by atoms with Crippen LogP contribution in [-0.2, 0) is 5.75 Å². The number of aryl methyl sites for hydroxylation is 1. The molecule has 0 atom stereocenters. The van der Waals surface area contributed by atoms with Crippen molar-refractivity contribution in [2.24, 2.45) is 0 Å². The van der Waals surface area contributed by atoms with Crippen molar-refractivity contribution in [2.75, 3.05) is 0 Å². The number of carboxylic acid groups (broad SMARTS) is 1. The Labute approximate surface area is 113 Å². The van der Waals surface area contributed by atoms with Gasteiger partial charge < -0.3 is 5.11 Å². The molecule has 2 rings (SSSR count). The Morgan fingerprint density at radius 3 is 2.84 bits per heavy atom. The fraction of sp³-hybridized carbons (Fsp3) is 0.154. The zero-order valence-corrected chi connectivity index (χ0v) is 10.9. The highest BCUT2D eigenvalue weighted by molar-refractivity contribution is 7.98. The van der Waals surface area contributed by atoms with Crippen molar-refractivity contribution < 1.29 is 14.3 Å². The van der Waals surface area contributed by atoms with Gasteiger partial charge >= 0.3 is 5.97 Å². The van der Waals surface area contributed by atoms with Gasteiger partial charge in [-0.15, -0.1) is 0 Å². The molecule has 6 heteroatoms. The zero-order valence-electron chi connectivity index (χ0n) is 10.1. The van der Waals surface area contributed by atoms with Crippen LogP contribution in [0.1, 0.15) is 21.6 Å². The summed E-state index contributed by atoms with van der Waals surface area (Å²) >= 11 is 1.37. The molecule has 0 radical (unpaired) electrons. The molecule has 0 unspecified atom stereocenters. The van der Waals surface area contributed by atoms with Crippen molar-refractivity contribution in [3.8, 4) is 0 Å². The van der Waals surface area contributed by atoms with Crippen LogP contribution in [0.5, 0.6) is 0 Å². The molecule has 0 amide bonds. The average molecular weight is 278 g/mol. The molecule has 4 nitrogen and oxygen atoms in total. The van der Waals surface area contributed by atoms with Crippen LogP contribution in [0.2, 0.25) is 0 Å². The molecule has 98 valence electrons. The fourth-order valence-electron chi connectivity index (χ4n) is 1.47. The van der Waals surface area contributed by atoms with Crippen molar-refractivity contribution in [1.29, 1.82) is 0 Å². The first-order valence-corrected chi connectivity index (χ1v) is 6.49. The van der Waals surface area contributed by atoms with E-state index in [1.54, 1.807) is 18.3 Å². The van der Waals surface area contributed by atoms with E-state index in [9.17, 15) is 9.18 Å². The van der Waals surface area contributed by atoms with Crippen LogP contribution in [0, 0.1) is 12.7 Å². The number of rotatable bonds is 4. The van der Waals surface area contributed by atoms with Gasteiger partial charge in [-0.05, 0) is 30.7 Å². The summed E-state index contributed by atoms with van der Waals surface area (Å²) in [5.41, 5.74) is 1.24. The molecule has 0 aliphatic heterocycles. The van der Waals surface area contributed by atoms with Gasteiger partial charge in [-0.3, -0.25) is 0 Å². The third-order valence-corrected chi connectivity index (χ3v) is 3.34. The minimum atomic E-state index is -1.27. The second-order valence-electron chi connectivity index (χ2n) is 3.89. The van der Waals surface area contributed by atoms with Crippen LogP contribution in [-0.4, -0.2) is 21.0 Å². The summed E-state index contributed by atoms with van der Waals surface area (Å²) in [7, 11) is 0. The first kappa shape index (κ1) is 13.5. The standard InChI is InChI=1S/C13H11FN2O2S/c1-8-4-5-15-13(16-8)19-7-9-2-3-10(12(17)18)11(14)6-9/h2-6H,7H2,1H3,(H,17,18). The Bertz CT molecular complexity index is 619. The summed E-state index contributed by atoms with van der Waals surface area (Å²) in [6.07, 6.45) is 1.67. The van der Waals surface area contributed by atoms with E-state index in [-0.39, 0.29) is 5.56 Å². The van der Waals surface area contributed by atoms with Crippen molar-refractivity contribution in [3.63, 3.8) is 0 Å². The molecular formula is C13H11FN2O2S. The molecule has 0 saturated carbocycles. The monoisotopic (exact) mass is 278 g/mol. The highest BCUT2D eigenvalue weighted by atomic mass is 32.2. The summed E-state index contributed by atoms with van der Waals surface area (Å²) in [6, 6.07) is 5.89. The molecule has 1 N–H and O–H groups in total. The summed E-state index contributed by atoms with van der Waals surface area (Å²) in [5, 5.41) is 9.34. The summed E-state index contributed by atoms with van der Waals surface area (Å²) < 4.78 is 13.5. The lowest BCUT2D eigenvalue weighted by Crippen LogP contribution is -2.00. The normalized spacial score (nSPS) is 10.4. The summed E-state index contributed by atoms with van der Waals surface area (Å²) in [6.45, 7) is 1.87. The van der Waals surface area contributed by atoms with E-state index in [2.05, 4.69) is 9.97 Å². The number of nitrogens with zero attached hydrogens (tertiary/aromatic N) is 2. The van der Waals surface area contributed by atoms with Crippen LogP contribution in [0.25, 0.3) is 0 Å². The number of halogens is 1. The van der Waals surface area contributed by atoms with Gasteiger partial charge in [-0.1, -0.05) is 17.8 Å². The van der Waals surface area contributed by atoms with Crippen molar-refractivity contribution in [2.45, 2.75) is 17.8 Å². The molecule has 0 fully saturated rings. The molecular weight excluding hydrogens is 267 g/mol. The van der Waals surface area contributed by atoms with Crippen LogP contribution in [0.4, 0.5) is 4.39 Å². The maximum Gasteiger partial charge on any atom is 0.338 e. The largest absolute Gasteiger partial charge is 0.478 e. The van der Waals surface area contributed by atoms with E-state index < -0.39 is 11.8 Å². The van der Waals surface area contributed by atoms with Gasteiger partial charge in [0.15, 0.2) is 5.16 Å². The maximum atomic E-state index is 13.5. The number of carboxylic acids is 1. The van der Waals surface area contributed by atoms with Crippen LogP contribution in [0.15, 0.2) is 35.6 Å². The molecule has 0 aliphatic rings. The number of carbonyl (C=O) groups is 1. The van der Waals surface area contributed by atoms with Gasteiger partial charge in [0.25, 0.3) is 0 Å². The average Bonchev–Trinajstić information content (AvgIpc) is 2.36. The minimum absolute atomic E-state index is 0.319. The lowest BCUT2D eigenvalue weighted by molar-refractivity contribution is 0.0692. The number of aromatic nitrogens is 2. The third-order valence-electron chi connectivity index (χ3n) is 2.40. The van der Waals surface area contributed by atoms with E-state index >= 15 is 0 Å². The number of hydrogen-bond acceptors (Lipinski definition) is 4. The number of hydrogen-bond donors (Lipinski definition) is 1. The molecule has 0 bridgehead atoms. The second-order valence-corrected chi connectivity index (χ2v) is 4.83. The summed E-state index contributed by atoms with van der Waals surface area (Å²) in [4.78, 5) is 19.0. The second kappa shape index (κ2) is 5.79. The van der Waals surface area contributed by atoms with Gasteiger partial charge in [-0.2, -0.15) is 0 Å². The number of benzene rings is 1. The first-order chi connectivity index (χ1) is 9.06. The Kier molecular flexibility index (Phi) is 4.11. The highest BCUT2D eigenvalue weighted by Crippen LogP contribution is 2.20. The Balaban J connectivity index is 2.08. The molecule has 1 heterocycles. The van der Waals surface area contributed by atoms with Gasteiger partial charge in [0.2, 0.25) is 0 Å². The maximum absolute atomic E-state index is 13.5. The van der Waals surface area contributed by atoms with Crippen molar-refractivity contribution in [1.82, 2.24) is 9.97 Å². The van der Waals surface area contributed by atoms with Gasteiger partial charge in [0.05, 0.1) is 5.56 Å². The van der Waals surface area contributed by atoms with Crippen molar-refractivity contribution in [3.05, 3.63) is 53.1 Å². The Morgan fingerprint density at radius 1 is 1.42 bits per heavy atom. The topological polar surface area (TPSA) is 63.1 Å². The SMILES string of the molecule is Cc1ccnc(SCc2ccc(C(=O)O)c(F)c2)n1. The summed E-state index contributed by atoms with van der Waals surface area (Å²) in [5.74, 6) is -1.50. The minimum Gasteiger partial charge on any atom is -0.478 e. The molecule has 1 aromatic carbocycles. The molecule has 0 spiro atoms. The van der Waals surface area contributed by atoms with Gasteiger partial charge in [0.1, 0.15) is 5.82 Å². The third kappa shape index (κ3) is 3.51. The van der Waals surface area contributed by atoms with Crippen LogP contribution in [0.3, 0.4) is 0 Å². The van der Waals surface area contributed by atoms with Gasteiger partial charge in [0, 0.05) is 17.6 Å². The zero-order chi connectivity index (χ0) is 13.8. The smallest absolute Gasteiger partial charge is 0.338 e. The molecule has 0 aliphatic carbocycles. The van der Waals surface area contributed by atoms with E-state index in [1.807, 2.05) is 6.92 Å². The van der Waals surface area contributed by atoms with E-state index in [4.69, 9.17) is 5.11 Å². The van der Waals surface area contributed by atoms with Crippen molar-refractivity contribution >= 4 is 17.7 Å². The fourth-order valence-corrected chi connectivity index (χ4v) is 2.28. The number of thioether (sulfide) groups is 1. The lowest BCUT2D eigenvalue weighted by atomic mass is 10.1. The quantitative estimate of drug-likeness (QED) is 0.688. The molecule has 0 saturated heterocycles. The number of aromatic carboxylic acids is 1. The van der Waals surface area contributed by atoms with Crippen LogP contribution >= 0.6 is 11.8 Å². The van der Waals surface area contributed by atoms with Gasteiger partial charge in [-0.25, -0.2) is 19.2 Å². The molecule has 1 aromatic heterocycles. The van der Waals surface area contributed by atoms with Crippen LogP contribution < -0.4 is 0 Å². The molecule has 2 aromatic rings. The predicted octanol–water partition coefficient (Wildman–Crippen LogP) is 2.91. The highest BCUT2D eigenvalue weighted by Gasteiger charge is 2.10. The van der Waals surface area contributed by atoms with E-state index in [0.29, 0.717) is 16.5 Å². The van der Waals surface area contributed by atoms with E-state index in [1.165, 1.54) is 23.9 Å². The first-order valence-electron chi connectivity index (χ1n) is 5.50. The molecule has 19 heavy (non-hydrogen) atoms. The Morgan fingerprint density at radius 2 is 2.21 bits per heavy atom. The Hall–Kier alpha value is -1.95. The van der Waals surface area contributed by atoms with E-state index in [0.717, 1.165) is 5.69 Å².